The highest BCUT2D eigenvalue weighted by Crippen LogP contribution is 2.31. The fraction of sp³-hybridized carbons (Fsp3) is 0.125. The van der Waals surface area contributed by atoms with Gasteiger partial charge in [0.1, 0.15) is 0 Å². The summed E-state index contributed by atoms with van der Waals surface area (Å²) in [5, 5.41) is 6.47. The lowest BCUT2D eigenvalue weighted by molar-refractivity contribution is 0.0987. The van der Waals surface area contributed by atoms with E-state index in [1.165, 1.54) is 16.3 Å². The molecule has 0 spiro atoms. The van der Waals surface area contributed by atoms with E-state index < -0.39 is 0 Å². The topological polar surface area (TPSA) is 45.6 Å². The summed E-state index contributed by atoms with van der Waals surface area (Å²) in [6, 6.07) is 21.5. The lowest BCUT2D eigenvalue weighted by atomic mass is 10.1. The fourth-order valence-corrected chi connectivity index (χ4v) is 3.98. The molecular weight excluding hydrogens is 378 g/mol. The van der Waals surface area contributed by atoms with E-state index in [-0.39, 0.29) is 5.91 Å². The zero-order valence-corrected chi connectivity index (χ0v) is 17.4. The number of rotatable bonds is 4. The van der Waals surface area contributed by atoms with E-state index in [9.17, 15) is 4.79 Å². The molecule has 0 radical (unpaired) electrons. The van der Waals surface area contributed by atoms with Crippen molar-refractivity contribution in [2.24, 2.45) is 5.10 Å². The molecule has 5 heteroatoms. The van der Waals surface area contributed by atoms with Gasteiger partial charge in [0.2, 0.25) is 5.13 Å². The quantitative estimate of drug-likeness (QED) is 0.317. The highest BCUT2D eigenvalue weighted by atomic mass is 32.1. The summed E-state index contributed by atoms with van der Waals surface area (Å²) in [4.78, 5) is 18.0. The number of carbonyl (C=O) groups is 1. The lowest BCUT2D eigenvalue weighted by Gasteiger charge is -2.14. The predicted molar refractivity (Wildman–Crippen MR) is 121 cm³/mol. The summed E-state index contributed by atoms with van der Waals surface area (Å²) in [7, 11) is 0. The summed E-state index contributed by atoms with van der Waals surface area (Å²) < 4.78 is 1.03. The number of hydrazone groups is 1. The first-order valence-corrected chi connectivity index (χ1v) is 10.2. The maximum Gasteiger partial charge on any atom is 0.280 e. The van der Waals surface area contributed by atoms with Gasteiger partial charge in [-0.25, -0.2) is 4.98 Å². The molecule has 4 rings (SSSR count). The Hall–Kier alpha value is -3.31. The minimum Gasteiger partial charge on any atom is -0.267 e. The van der Waals surface area contributed by atoms with E-state index in [2.05, 4.69) is 16.2 Å². The number of hydrogen-bond acceptors (Lipinski definition) is 4. The highest BCUT2D eigenvalue weighted by Gasteiger charge is 2.21. The number of benzene rings is 3. The van der Waals surface area contributed by atoms with Gasteiger partial charge in [0.15, 0.2) is 0 Å². The van der Waals surface area contributed by atoms with Crippen molar-refractivity contribution in [3.05, 3.63) is 94.5 Å². The molecule has 144 valence electrons. The third-order valence-corrected chi connectivity index (χ3v) is 5.78. The minimum absolute atomic E-state index is 0.198. The zero-order valence-electron chi connectivity index (χ0n) is 16.6. The second-order valence-corrected chi connectivity index (χ2v) is 8.05. The van der Waals surface area contributed by atoms with Crippen LogP contribution in [0.3, 0.4) is 0 Å². The molecule has 0 bridgehead atoms. The van der Waals surface area contributed by atoms with Crippen molar-refractivity contribution >= 4 is 38.8 Å². The molecule has 0 aliphatic rings. The molecule has 29 heavy (non-hydrogen) atoms. The molecule has 0 fully saturated rings. The van der Waals surface area contributed by atoms with Crippen molar-refractivity contribution in [2.75, 3.05) is 5.01 Å². The molecule has 0 N–H and O–H groups in total. The number of anilines is 1. The van der Waals surface area contributed by atoms with Gasteiger partial charge in [0, 0.05) is 5.56 Å². The largest absolute Gasteiger partial charge is 0.280 e. The molecule has 0 aliphatic carbocycles. The summed E-state index contributed by atoms with van der Waals surface area (Å²) in [6.45, 7) is 6.08. The van der Waals surface area contributed by atoms with Crippen LogP contribution in [0, 0.1) is 20.8 Å². The number of nitrogens with zero attached hydrogens (tertiary/aromatic N) is 3. The van der Waals surface area contributed by atoms with Crippen molar-refractivity contribution in [3.8, 4) is 0 Å². The zero-order chi connectivity index (χ0) is 20.4. The van der Waals surface area contributed by atoms with Crippen LogP contribution in [0.25, 0.3) is 10.2 Å². The third kappa shape index (κ3) is 4.10. The van der Waals surface area contributed by atoms with E-state index >= 15 is 0 Å². The third-order valence-electron chi connectivity index (χ3n) is 4.78. The van der Waals surface area contributed by atoms with Gasteiger partial charge >= 0.3 is 0 Å². The van der Waals surface area contributed by atoms with Crippen LogP contribution in [-0.4, -0.2) is 17.1 Å². The summed E-state index contributed by atoms with van der Waals surface area (Å²) in [5.74, 6) is -0.198. The molecule has 3 aromatic carbocycles. The van der Waals surface area contributed by atoms with Gasteiger partial charge in [-0.2, -0.15) is 10.1 Å². The Balaban J connectivity index is 1.78. The average molecular weight is 400 g/mol. The number of fused-ring (bicyclic) bond motifs is 1. The molecule has 0 aliphatic heterocycles. The van der Waals surface area contributed by atoms with Gasteiger partial charge in [-0.3, -0.25) is 4.79 Å². The Morgan fingerprint density at radius 1 is 0.966 bits per heavy atom. The maximum atomic E-state index is 13.4. The molecule has 0 saturated heterocycles. The number of carbonyl (C=O) groups excluding carboxylic acids is 1. The van der Waals surface area contributed by atoms with Gasteiger partial charge in [-0.1, -0.05) is 53.8 Å². The van der Waals surface area contributed by atoms with Gasteiger partial charge in [-0.05, 0) is 67.3 Å². The molecule has 4 aromatic rings. The van der Waals surface area contributed by atoms with Crippen molar-refractivity contribution < 1.29 is 4.79 Å². The maximum absolute atomic E-state index is 13.4. The summed E-state index contributed by atoms with van der Waals surface area (Å²) in [6.07, 6.45) is 1.69. The second kappa shape index (κ2) is 7.97. The van der Waals surface area contributed by atoms with E-state index in [0.29, 0.717) is 10.7 Å². The van der Waals surface area contributed by atoms with E-state index in [1.54, 1.807) is 6.21 Å². The van der Waals surface area contributed by atoms with Crippen LogP contribution >= 0.6 is 11.3 Å². The molecule has 0 unspecified atom stereocenters. The predicted octanol–water partition coefficient (Wildman–Crippen LogP) is 5.90. The number of hydrogen-bond donors (Lipinski definition) is 0. The average Bonchev–Trinajstić information content (AvgIpc) is 3.13. The van der Waals surface area contributed by atoms with Crippen molar-refractivity contribution in [2.45, 2.75) is 20.8 Å². The van der Waals surface area contributed by atoms with Crippen LogP contribution in [-0.2, 0) is 0 Å². The van der Waals surface area contributed by atoms with Crippen LogP contribution in [0.4, 0.5) is 5.13 Å². The van der Waals surface area contributed by atoms with Crippen molar-refractivity contribution in [1.29, 1.82) is 0 Å². The molecule has 0 saturated carbocycles. The first-order valence-electron chi connectivity index (χ1n) is 9.39. The number of aromatic nitrogens is 1. The lowest BCUT2D eigenvalue weighted by Crippen LogP contribution is -2.25. The van der Waals surface area contributed by atoms with Gasteiger partial charge in [0.05, 0.1) is 16.4 Å². The number of thiazole rings is 1. The van der Waals surface area contributed by atoms with Crippen LogP contribution < -0.4 is 5.01 Å². The summed E-state index contributed by atoms with van der Waals surface area (Å²) >= 11 is 1.47. The van der Waals surface area contributed by atoms with Crippen LogP contribution in [0.2, 0.25) is 0 Å². The molecule has 0 atom stereocenters. The van der Waals surface area contributed by atoms with E-state index in [0.717, 1.165) is 32.5 Å². The van der Waals surface area contributed by atoms with Gasteiger partial charge in [-0.15, -0.1) is 0 Å². The smallest absolute Gasteiger partial charge is 0.267 e. The number of aryl methyl sites for hydroxylation is 3. The fourth-order valence-electron chi connectivity index (χ4n) is 2.96. The van der Waals surface area contributed by atoms with E-state index in [4.69, 9.17) is 0 Å². The van der Waals surface area contributed by atoms with Crippen LogP contribution in [0.5, 0.6) is 0 Å². The first kappa shape index (κ1) is 19.0. The molecule has 1 aromatic heterocycles. The molecule has 1 heterocycles. The van der Waals surface area contributed by atoms with Crippen molar-refractivity contribution in [3.63, 3.8) is 0 Å². The first-order chi connectivity index (χ1) is 14.0. The van der Waals surface area contributed by atoms with Gasteiger partial charge in [0.25, 0.3) is 5.91 Å². The van der Waals surface area contributed by atoms with Crippen LogP contribution in [0.1, 0.15) is 32.6 Å². The molecule has 1 amide bonds. The van der Waals surface area contributed by atoms with Crippen LogP contribution in [0.15, 0.2) is 71.8 Å². The van der Waals surface area contributed by atoms with E-state index in [1.807, 2.05) is 81.4 Å². The van der Waals surface area contributed by atoms with Crippen molar-refractivity contribution in [1.82, 2.24) is 4.98 Å². The monoisotopic (exact) mass is 399 g/mol. The number of amides is 1. The second-order valence-electron chi connectivity index (χ2n) is 7.04. The van der Waals surface area contributed by atoms with Gasteiger partial charge < -0.3 is 0 Å². The SMILES string of the molecule is Cc1ccc2nc(N(/N=C/c3ccccc3)C(=O)c3ccc(C)c(C)c3)sc2c1. The Kier molecular flexibility index (Phi) is 5.23. The highest BCUT2D eigenvalue weighted by molar-refractivity contribution is 7.22. The summed E-state index contributed by atoms with van der Waals surface area (Å²) in [5.41, 5.74) is 5.76. The Bertz CT molecular complexity index is 1210. The Labute approximate surface area is 174 Å². The standard InChI is InChI=1S/C24H21N3OS/c1-16-9-12-21-22(13-16)29-24(26-21)27(25-15-19-7-5-4-6-8-19)23(28)20-11-10-17(2)18(3)14-20/h4-15H,1-3H3/b25-15+. The molecule has 4 nitrogen and oxygen atoms in total. The minimum atomic E-state index is -0.198. The Morgan fingerprint density at radius 2 is 1.76 bits per heavy atom. The Morgan fingerprint density at radius 3 is 2.52 bits per heavy atom. The normalized spacial score (nSPS) is 11.3. The molecular formula is C24H21N3OS.